The molecule has 0 amide bonds. The number of ether oxygens (including phenoxy) is 1. The van der Waals surface area contributed by atoms with Gasteiger partial charge in [-0.25, -0.2) is 9.78 Å². The molecule has 1 aromatic carbocycles. The first-order valence-corrected chi connectivity index (χ1v) is 6.44. The molecule has 0 saturated carbocycles. The smallest absolute Gasteiger partial charge is 0.335 e. The highest BCUT2D eigenvalue weighted by molar-refractivity contribution is 7.99. The van der Waals surface area contributed by atoms with Crippen molar-refractivity contribution >= 4 is 17.7 Å². The lowest BCUT2D eigenvalue weighted by Crippen LogP contribution is -1.99. The molecule has 0 spiro atoms. The number of aromatic nitrogens is 1. The summed E-state index contributed by atoms with van der Waals surface area (Å²) in [5, 5.41) is 9.68. The molecule has 1 aromatic heterocycles. The van der Waals surface area contributed by atoms with E-state index in [9.17, 15) is 4.79 Å². The van der Waals surface area contributed by atoms with Crippen molar-refractivity contribution in [2.45, 2.75) is 16.8 Å². The molecule has 2 aromatic rings. The number of carbonyl (C=O) groups is 1. The average molecular weight is 275 g/mol. The third kappa shape index (κ3) is 3.48. The van der Waals surface area contributed by atoms with E-state index in [4.69, 9.17) is 9.84 Å². The van der Waals surface area contributed by atoms with Crippen molar-refractivity contribution in [1.29, 1.82) is 0 Å². The molecule has 0 aliphatic heterocycles. The monoisotopic (exact) mass is 275 g/mol. The number of carboxylic acids is 1. The summed E-state index contributed by atoms with van der Waals surface area (Å²) in [6.45, 7) is 1.78. The van der Waals surface area contributed by atoms with Gasteiger partial charge in [0.1, 0.15) is 10.8 Å². The zero-order valence-corrected chi connectivity index (χ0v) is 11.4. The quantitative estimate of drug-likeness (QED) is 0.928. The van der Waals surface area contributed by atoms with Crippen LogP contribution in [-0.4, -0.2) is 23.2 Å². The van der Waals surface area contributed by atoms with Gasteiger partial charge in [0.05, 0.1) is 12.7 Å². The van der Waals surface area contributed by atoms with Crippen molar-refractivity contribution in [3.63, 3.8) is 0 Å². The summed E-state index contributed by atoms with van der Waals surface area (Å²) < 4.78 is 5.15. The normalized spacial score (nSPS) is 10.2. The van der Waals surface area contributed by atoms with Gasteiger partial charge in [-0.3, -0.25) is 0 Å². The summed E-state index contributed by atoms with van der Waals surface area (Å²) in [4.78, 5) is 16.3. The van der Waals surface area contributed by atoms with Crippen LogP contribution in [0.4, 0.5) is 0 Å². The van der Waals surface area contributed by atoms with Crippen LogP contribution in [0.3, 0.4) is 0 Å². The van der Waals surface area contributed by atoms with Crippen LogP contribution in [0.2, 0.25) is 0 Å². The third-order valence-electron chi connectivity index (χ3n) is 2.44. The van der Waals surface area contributed by atoms with Gasteiger partial charge in [0.2, 0.25) is 0 Å². The van der Waals surface area contributed by atoms with Crippen LogP contribution in [0, 0.1) is 6.92 Å². The van der Waals surface area contributed by atoms with Crippen LogP contribution in [0.15, 0.2) is 46.3 Å². The number of hydrogen-bond acceptors (Lipinski definition) is 4. The lowest BCUT2D eigenvalue weighted by atomic mass is 10.2. The molecule has 98 valence electrons. The Bertz CT molecular complexity index is 613. The van der Waals surface area contributed by atoms with Gasteiger partial charge in [-0.05, 0) is 37.3 Å². The first-order chi connectivity index (χ1) is 9.08. The predicted octanol–water partition coefficient (Wildman–Crippen LogP) is 3.25. The van der Waals surface area contributed by atoms with Crippen molar-refractivity contribution in [3.8, 4) is 5.75 Å². The van der Waals surface area contributed by atoms with Gasteiger partial charge in [-0.15, -0.1) is 0 Å². The Morgan fingerprint density at radius 2 is 2.11 bits per heavy atom. The maximum absolute atomic E-state index is 11.0. The van der Waals surface area contributed by atoms with Crippen LogP contribution in [0.1, 0.15) is 16.1 Å². The number of nitrogens with zero attached hydrogens (tertiary/aromatic N) is 1. The van der Waals surface area contributed by atoms with Crippen LogP contribution in [0.25, 0.3) is 0 Å². The minimum Gasteiger partial charge on any atom is -0.497 e. The molecular weight excluding hydrogens is 262 g/mol. The minimum absolute atomic E-state index is 0.248. The molecule has 0 bridgehead atoms. The van der Waals surface area contributed by atoms with Gasteiger partial charge in [0.15, 0.2) is 0 Å². The molecular formula is C14H13NO3S. The minimum atomic E-state index is -0.946. The molecule has 1 heterocycles. The summed E-state index contributed by atoms with van der Waals surface area (Å²) in [5.74, 6) is -0.186. The molecule has 1 N–H and O–H groups in total. The first-order valence-electron chi connectivity index (χ1n) is 5.62. The van der Waals surface area contributed by atoms with Crippen molar-refractivity contribution in [2.24, 2.45) is 0 Å². The average Bonchev–Trinajstić information content (AvgIpc) is 2.38. The SMILES string of the molecule is COc1cccc(Sc2cc(C(=O)O)cc(C)n2)c1. The fraction of sp³-hybridized carbons (Fsp3) is 0.143. The molecule has 0 atom stereocenters. The van der Waals surface area contributed by atoms with E-state index in [2.05, 4.69) is 4.98 Å². The van der Waals surface area contributed by atoms with E-state index in [1.165, 1.54) is 11.8 Å². The molecule has 4 nitrogen and oxygen atoms in total. The van der Waals surface area contributed by atoms with Crippen LogP contribution < -0.4 is 4.74 Å². The second-order valence-electron chi connectivity index (χ2n) is 3.92. The lowest BCUT2D eigenvalue weighted by molar-refractivity contribution is 0.0696. The van der Waals surface area contributed by atoms with Crippen LogP contribution in [-0.2, 0) is 0 Å². The number of carboxylic acid groups (broad SMARTS) is 1. The maximum atomic E-state index is 11.0. The predicted molar refractivity (Wildman–Crippen MR) is 73.1 cm³/mol. The van der Waals surface area contributed by atoms with Crippen molar-refractivity contribution in [2.75, 3.05) is 7.11 Å². The summed E-state index contributed by atoms with van der Waals surface area (Å²) in [6.07, 6.45) is 0. The summed E-state index contributed by atoms with van der Waals surface area (Å²) in [5.41, 5.74) is 0.934. The zero-order valence-electron chi connectivity index (χ0n) is 10.6. The Morgan fingerprint density at radius 3 is 2.79 bits per heavy atom. The topological polar surface area (TPSA) is 59.4 Å². The number of aryl methyl sites for hydroxylation is 1. The van der Waals surface area contributed by atoms with E-state index < -0.39 is 5.97 Å². The Kier molecular flexibility index (Phi) is 4.06. The Labute approximate surface area is 115 Å². The van der Waals surface area contributed by atoms with Gasteiger partial charge in [0.25, 0.3) is 0 Å². The van der Waals surface area contributed by atoms with Gasteiger partial charge in [-0.1, -0.05) is 17.8 Å². The highest BCUT2D eigenvalue weighted by atomic mass is 32.2. The first kappa shape index (κ1) is 13.4. The summed E-state index contributed by atoms with van der Waals surface area (Å²) in [7, 11) is 1.61. The van der Waals surface area contributed by atoms with E-state index in [0.717, 1.165) is 10.6 Å². The number of hydrogen-bond donors (Lipinski definition) is 1. The standard InChI is InChI=1S/C14H13NO3S/c1-9-6-10(14(16)17)7-13(15-9)19-12-5-3-4-11(8-12)18-2/h3-8H,1-2H3,(H,16,17). The molecule has 0 saturated heterocycles. The zero-order chi connectivity index (χ0) is 13.8. The van der Waals surface area contributed by atoms with Gasteiger partial charge in [-0.2, -0.15) is 0 Å². The van der Waals surface area contributed by atoms with Crippen LogP contribution in [0.5, 0.6) is 5.75 Å². The second kappa shape index (κ2) is 5.75. The molecule has 0 radical (unpaired) electrons. The van der Waals surface area contributed by atoms with E-state index >= 15 is 0 Å². The number of aromatic carboxylic acids is 1. The fourth-order valence-electron chi connectivity index (χ4n) is 1.60. The Balaban J connectivity index is 2.29. The molecule has 0 aliphatic rings. The number of methoxy groups -OCH3 is 1. The molecule has 19 heavy (non-hydrogen) atoms. The van der Waals surface area contributed by atoms with E-state index in [1.807, 2.05) is 24.3 Å². The Morgan fingerprint density at radius 1 is 1.32 bits per heavy atom. The third-order valence-corrected chi connectivity index (χ3v) is 3.35. The van der Waals surface area contributed by atoms with Gasteiger partial charge >= 0.3 is 5.97 Å². The molecule has 2 rings (SSSR count). The fourth-order valence-corrected chi connectivity index (χ4v) is 2.54. The molecule has 0 fully saturated rings. The van der Waals surface area contributed by atoms with Crippen molar-refractivity contribution in [1.82, 2.24) is 4.98 Å². The van der Waals surface area contributed by atoms with E-state index in [1.54, 1.807) is 26.2 Å². The molecule has 5 heteroatoms. The van der Waals surface area contributed by atoms with Gasteiger partial charge in [0, 0.05) is 10.6 Å². The highest BCUT2D eigenvalue weighted by Gasteiger charge is 2.08. The number of benzene rings is 1. The number of pyridine rings is 1. The van der Waals surface area contributed by atoms with E-state index in [-0.39, 0.29) is 5.56 Å². The molecule has 0 aliphatic carbocycles. The largest absolute Gasteiger partial charge is 0.497 e. The van der Waals surface area contributed by atoms with Crippen molar-refractivity contribution in [3.05, 3.63) is 47.7 Å². The number of rotatable bonds is 4. The van der Waals surface area contributed by atoms with E-state index in [0.29, 0.717) is 10.7 Å². The maximum Gasteiger partial charge on any atom is 0.335 e. The van der Waals surface area contributed by atoms with Crippen LogP contribution >= 0.6 is 11.8 Å². The summed E-state index contributed by atoms with van der Waals surface area (Å²) >= 11 is 1.41. The second-order valence-corrected chi connectivity index (χ2v) is 5.02. The Hall–Kier alpha value is -2.01. The molecule has 0 unspecified atom stereocenters. The van der Waals surface area contributed by atoms with Gasteiger partial charge < -0.3 is 9.84 Å². The van der Waals surface area contributed by atoms with Crippen molar-refractivity contribution < 1.29 is 14.6 Å². The lowest BCUT2D eigenvalue weighted by Gasteiger charge is -2.05. The highest BCUT2D eigenvalue weighted by Crippen LogP contribution is 2.29. The summed E-state index contributed by atoms with van der Waals surface area (Å²) in [6, 6.07) is 10.7.